The van der Waals surface area contributed by atoms with Crippen LogP contribution in [0.5, 0.6) is 0 Å². The van der Waals surface area contributed by atoms with Gasteiger partial charge in [-0.3, -0.25) is 9.36 Å². The van der Waals surface area contributed by atoms with Gasteiger partial charge in [0.2, 0.25) is 17.8 Å². The van der Waals surface area contributed by atoms with Crippen molar-refractivity contribution in [3.8, 4) is 5.69 Å². The maximum absolute atomic E-state index is 12.5. The highest BCUT2D eigenvalue weighted by molar-refractivity contribution is 6.30. The SMILES string of the molecule is CCC(=O)N1Cc2cc(Cl)ccc2-n2c(nnc2N2CC3(CN(c4ncccn4)C3)C2)C1. The Bertz CT molecular complexity index is 1180. The van der Waals surface area contributed by atoms with E-state index in [0.29, 0.717) is 24.5 Å². The number of carbonyl (C=O) groups excluding carboxylic acids is 1. The number of hydrogen-bond acceptors (Lipinski definition) is 7. The van der Waals surface area contributed by atoms with Crippen LogP contribution in [0.1, 0.15) is 24.7 Å². The highest BCUT2D eigenvalue weighted by Gasteiger charge is 2.53. The fourth-order valence-corrected chi connectivity index (χ4v) is 5.25. The van der Waals surface area contributed by atoms with E-state index in [1.165, 1.54) is 0 Å². The maximum Gasteiger partial charge on any atom is 0.232 e. The van der Waals surface area contributed by atoms with E-state index in [4.69, 9.17) is 11.6 Å². The second-order valence-electron chi connectivity index (χ2n) is 8.89. The molecule has 1 spiro atoms. The number of carbonyl (C=O) groups is 1. The first-order valence-corrected chi connectivity index (χ1v) is 11.2. The summed E-state index contributed by atoms with van der Waals surface area (Å²) >= 11 is 6.29. The van der Waals surface area contributed by atoms with Crippen LogP contribution in [0.4, 0.5) is 11.9 Å². The summed E-state index contributed by atoms with van der Waals surface area (Å²) in [5.41, 5.74) is 2.23. The van der Waals surface area contributed by atoms with Gasteiger partial charge in [0.25, 0.3) is 0 Å². The van der Waals surface area contributed by atoms with E-state index >= 15 is 0 Å². The van der Waals surface area contributed by atoms with E-state index in [9.17, 15) is 4.79 Å². The van der Waals surface area contributed by atoms with Gasteiger partial charge >= 0.3 is 0 Å². The molecule has 0 atom stereocenters. The Morgan fingerprint density at radius 3 is 2.56 bits per heavy atom. The summed E-state index contributed by atoms with van der Waals surface area (Å²) in [6.45, 7) is 6.54. The minimum atomic E-state index is 0.0921. The zero-order valence-corrected chi connectivity index (χ0v) is 18.5. The molecular weight excluding hydrogens is 428 g/mol. The van der Waals surface area contributed by atoms with Gasteiger partial charge in [-0.2, -0.15) is 0 Å². The predicted octanol–water partition coefficient (Wildman–Crippen LogP) is 2.29. The molecule has 10 heteroatoms. The van der Waals surface area contributed by atoms with Gasteiger partial charge in [0.05, 0.1) is 12.2 Å². The highest BCUT2D eigenvalue weighted by Crippen LogP contribution is 2.43. The van der Waals surface area contributed by atoms with Crippen molar-refractivity contribution in [3.05, 3.63) is 53.1 Å². The fourth-order valence-electron chi connectivity index (χ4n) is 5.06. The zero-order valence-electron chi connectivity index (χ0n) is 17.8. The molecule has 0 unspecified atom stereocenters. The van der Waals surface area contributed by atoms with E-state index < -0.39 is 0 Å². The van der Waals surface area contributed by atoms with Crippen LogP contribution in [-0.4, -0.2) is 61.7 Å². The summed E-state index contributed by atoms with van der Waals surface area (Å²) in [6, 6.07) is 7.65. The highest BCUT2D eigenvalue weighted by atomic mass is 35.5. The first kappa shape index (κ1) is 19.5. The molecule has 1 aromatic carbocycles. The molecular formula is C22H23ClN8O. The molecule has 0 radical (unpaired) electrons. The first-order chi connectivity index (χ1) is 15.5. The van der Waals surface area contributed by atoms with Crippen LogP contribution in [0.25, 0.3) is 5.69 Å². The molecule has 2 aromatic heterocycles. The van der Waals surface area contributed by atoms with Crippen LogP contribution in [0.2, 0.25) is 5.02 Å². The van der Waals surface area contributed by atoms with Crippen molar-refractivity contribution in [1.29, 1.82) is 0 Å². The van der Waals surface area contributed by atoms with Gasteiger partial charge in [0, 0.05) is 62.0 Å². The zero-order chi connectivity index (χ0) is 21.9. The van der Waals surface area contributed by atoms with Gasteiger partial charge in [-0.15, -0.1) is 10.2 Å². The summed E-state index contributed by atoms with van der Waals surface area (Å²) in [7, 11) is 0. The minimum absolute atomic E-state index is 0.0921. The Morgan fingerprint density at radius 1 is 1.06 bits per heavy atom. The molecule has 32 heavy (non-hydrogen) atoms. The molecule has 164 valence electrons. The molecule has 9 nitrogen and oxygen atoms in total. The lowest BCUT2D eigenvalue weighted by atomic mass is 9.73. The molecule has 2 saturated heterocycles. The van der Waals surface area contributed by atoms with Crippen LogP contribution in [-0.2, 0) is 17.9 Å². The van der Waals surface area contributed by atoms with Crippen molar-refractivity contribution >= 4 is 29.4 Å². The molecule has 1 amide bonds. The van der Waals surface area contributed by atoms with E-state index in [-0.39, 0.29) is 11.3 Å². The van der Waals surface area contributed by atoms with Crippen molar-refractivity contribution in [2.24, 2.45) is 5.41 Å². The van der Waals surface area contributed by atoms with Crippen molar-refractivity contribution in [3.63, 3.8) is 0 Å². The molecule has 6 rings (SSSR count). The van der Waals surface area contributed by atoms with Crippen molar-refractivity contribution in [2.75, 3.05) is 36.0 Å². The third-order valence-electron chi connectivity index (χ3n) is 6.57. The molecule has 0 aliphatic carbocycles. The van der Waals surface area contributed by atoms with Crippen molar-refractivity contribution < 1.29 is 4.79 Å². The van der Waals surface area contributed by atoms with Crippen molar-refractivity contribution in [2.45, 2.75) is 26.4 Å². The number of nitrogens with zero attached hydrogens (tertiary/aromatic N) is 8. The molecule has 3 aromatic rings. The lowest BCUT2D eigenvalue weighted by Gasteiger charge is -2.60. The number of benzene rings is 1. The monoisotopic (exact) mass is 450 g/mol. The Labute approximate surface area is 190 Å². The number of hydrogen-bond donors (Lipinski definition) is 0. The third kappa shape index (κ3) is 3.02. The van der Waals surface area contributed by atoms with E-state index in [2.05, 4.69) is 34.5 Å². The van der Waals surface area contributed by atoms with Gasteiger partial charge in [-0.05, 0) is 29.8 Å². The van der Waals surface area contributed by atoms with Gasteiger partial charge in [0.15, 0.2) is 5.82 Å². The van der Waals surface area contributed by atoms with E-state index in [0.717, 1.165) is 55.2 Å². The van der Waals surface area contributed by atoms with Crippen LogP contribution in [0.3, 0.4) is 0 Å². The Hall–Kier alpha value is -3.20. The molecule has 2 fully saturated rings. The van der Waals surface area contributed by atoms with Crippen LogP contribution in [0, 0.1) is 5.41 Å². The number of aromatic nitrogens is 5. The number of halogens is 1. The van der Waals surface area contributed by atoms with Crippen LogP contribution >= 0.6 is 11.6 Å². The standard InChI is InChI=1S/C22H23ClN8O/c1-2-19(32)28-9-15-8-16(23)4-5-17(15)31-18(10-28)26-27-21(31)30-13-22(14-30)11-29(12-22)20-24-6-3-7-25-20/h3-8H,2,9-14H2,1H3. The summed E-state index contributed by atoms with van der Waals surface area (Å²) in [6.07, 6.45) is 4.01. The summed E-state index contributed by atoms with van der Waals surface area (Å²) in [5, 5.41) is 9.67. The second-order valence-corrected chi connectivity index (χ2v) is 9.33. The number of amides is 1. The van der Waals surface area contributed by atoms with E-state index in [1.54, 1.807) is 12.4 Å². The second kappa shape index (κ2) is 7.16. The van der Waals surface area contributed by atoms with Gasteiger partial charge in [0.1, 0.15) is 0 Å². The van der Waals surface area contributed by atoms with Gasteiger partial charge in [-0.1, -0.05) is 18.5 Å². The lowest BCUT2D eigenvalue weighted by molar-refractivity contribution is -0.132. The van der Waals surface area contributed by atoms with Crippen molar-refractivity contribution in [1.82, 2.24) is 29.6 Å². The van der Waals surface area contributed by atoms with Gasteiger partial charge in [-0.25, -0.2) is 9.97 Å². The van der Waals surface area contributed by atoms with E-state index in [1.807, 2.05) is 36.1 Å². The number of anilines is 2. The smallest absolute Gasteiger partial charge is 0.232 e. The minimum Gasteiger partial charge on any atom is -0.339 e. The summed E-state index contributed by atoms with van der Waals surface area (Å²) in [5.74, 6) is 2.49. The molecule has 0 bridgehead atoms. The van der Waals surface area contributed by atoms with Crippen LogP contribution in [0.15, 0.2) is 36.7 Å². The number of fused-ring (bicyclic) bond motifs is 3. The molecule has 0 saturated carbocycles. The Morgan fingerprint density at radius 2 is 1.81 bits per heavy atom. The maximum atomic E-state index is 12.5. The molecule has 3 aliphatic heterocycles. The average molecular weight is 451 g/mol. The van der Waals surface area contributed by atoms with Crippen LogP contribution < -0.4 is 9.80 Å². The Kier molecular flexibility index (Phi) is 4.36. The summed E-state index contributed by atoms with van der Waals surface area (Å²) < 4.78 is 2.10. The normalized spacial score (nSPS) is 18.5. The number of rotatable bonds is 3. The molecule has 0 N–H and O–H groups in total. The largest absolute Gasteiger partial charge is 0.339 e. The fraction of sp³-hybridized carbons (Fsp3) is 0.409. The predicted molar refractivity (Wildman–Crippen MR) is 120 cm³/mol. The Balaban J connectivity index is 1.27. The summed E-state index contributed by atoms with van der Waals surface area (Å²) in [4.78, 5) is 27.5. The molecule has 5 heterocycles. The lowest BCUT2D eigenvalue weighted by Crippen LogP contribution is -2.73. The quantitative estimate of drug-likeness (QED) is 0.605. The van der Waals surface area contributed by atoms with Gasteiger partial charge < -0.3 is 14.7 Å². The average Bonchev–Trinajstić information content (AvgIpc) is 3.07. The third-order valence-corrected chi connectivity index (χ3v) is 6.80. The molecule has 3 aliphatic rings. The first-order valence-electron chi connectivity index (χ1n) is 10.8. The topological polar surface area (TPSA) is 83.3 Å².